The highest BCUT2D eigenvalue weighted by atomic mass is 14.2. The average Bonchev–Trinajstić information content (AvgIpc) is 2.58. The zero-order valence-corrected chi connectivity index (χ0v) is 12.9. The van der Waals surface area contributed by atoms with E-state index in [0.717, 1.165) is 17.9 Å². The van der Waals surface area contributed by atoms with Crippen LogP contribution in [0.5, 0.6) is 0 Å². The molecule has 0 radical (unpaired) electrons. The molecular formula is C20H22N2. The van der Waals surface area contributed by atoms with Gasteiger partial charge in [-0.05, 0) is 68.1 Å². The van der Waals surface area contributed by atoms with E-state index < -0.39 is 0 Å². The van der Waals surface area contributed by atoms with Crippen molar-refractivity contribution in [2.75, 3.05) is 0 Å². The molecule has 0 heterocycles. The molecule has 112 valence electrons. The standard InChI is InChI=1S/C20H22N2/c21-15-3-1-2-4-17-5-7-18(8-6-17)9-10-19-11-13-20(16-22)14-12-19/h1-4,11-14,17-18H,5-10H2/b3-1+,4-2+/t17-,18-. The largest absolute Gasteiger partial charge is 0.193 e. The molecule has 1 saturated carbocycles. The minimum atomic E-state index is 0.675. The molecule has 0 aromatic heterocycles. The monoisotopic (exact) mass is 290 g/mol. The van der Waals surface area contributed by atoms with Crippen LogP contribution in [0.3, 0.4) is 0 Å². The van der Waals surface area contributed by atoms with Gasteiger partial charge < -0.3 is 0 Å². The van der Waals surface area contributed by atoms with Gasteiger partial charge in [0.2, 0.25) is 0 Å². The highest BCUT2D eigenvalue weighted by Crippen LogP contribution is 2.32. The number of hydrogen-bond donors (Lipinski definition) is 0. The number of hydrogen-bond acceptors (Lipinski definition) is 2. The Morgan fingerprint density at radius 1 is 1.00 bits per heavy atom. The minimum absolute atomic E-state index is 0.675. The molecular weight excluding hydrogens is 268 g/mol. The molecule has 2 nitrogen and oxygen atoms in total. The SMILES string of the molecule is N#C/C=C/C=C/[C@H]1CC[C@H](CCc2ccc(C#N)cc2)CC1. The van der Waals surface area contributed by atoms with E-state index >= 15 is 0 Å². The second-order valence-electron chi connectivity index (χ2n) is 6.00. The quantitative estimate of drug-likeness (QED) is 0.570. The average molecular weight is 290 g/mol. The van der Waals surface area contributed by atoms with Gasteiger partial charge in [0.15, 0.2) is 0 Å². The normalized spacial score (nSPS) is 21.7. The van der Waals surface area contributed by atoms with Gasteiger partial charge in [0.05, 0.1) is 17.7 Å². The van der Waals surface area contributed by atoms with E-state index in [9.17, 15) is 0 Å². The van der Waals surface area contributed by atoms with Gasteiger partial charge in [0.25, 0.3) is 0 Å². The lowest BCUT2D eigenvalue weighted by Crippen LogP contribution is -2.13. The van der Waals surface area contributed by atoms with Crippen LogP contribution in [0.2, 0.25) is 0 Å². The molecule has 2 heteroatoms. The molecule has 0 N–H and O–H groups in total. The molecule has 22 heavy (non-hydrogen) atoms. The number of nitrogens with zero attached hydrogens (tertiary/aromatic N) is 2. The van der Waals surface area contributed by atoms with Crippen LogP contribution < -0.4 is 0 Å². The Morgan fingerprint density at radius 3 is 2.36 bits per heavy atom. The van der Waals surface area contributed by atoms with Crippen LogP contribution in [0, 0.1) is 34.5 Å². The van der Waals surface area contributed by atoms with E-state index in [4.69, 9.17) is 10.5 Å². The summed E-state index contributed by atoms with van der Waals surface area (Å²) in [5, 5.41) is 17.2. The summed E-state index contributed by atoms with van der Waals surface area (Å²) in [6.07, 6.45) is 15.1. The topological polar surface area (TPSA) is 47.6 Å². The molecule has 0 bridgehead atoms. The third-order valence-electron chi connectivity index (χ3n) is 4.48. The maximum atomic E-state index is 8.80. The molecule has 0 amide bonds. The lowest BCUT2D eigenvalue weighted by molar-refractivity contribution is 0.296. The molecule has 2 rings (SSSR count). The zero-order valence-electron chi connectivity index (χ0n) is 12.9. The first-order chi connectivity index (χ1) is 10.8. The number of nitriles is 2. The molecule has 1 fully saturated rings. The first-order valence-corrected chi connectivity index (χ1v) is 8.04. The molecule has 1 aromatic rings. The van der Waals surface area contributed by atoms with E-state index in [1.54, 1.807) is 0 Å². The molecule has 0 aliphatic heterocycles. The summed E-state index contributed by atoms with van der Waals surface area (Å²) in [7, 11) is 0. The molecule has 1 aromatic carbocycles. The van der Waals surface area contributed by atoms with Crippen molar-refractivity contribution in [3.63, 3.8) is 0 Å². The summed E-state index contributed by atoms with van der Waals surface area (Å²) in [6, 6.07) is 12.1. The van der Waals surface area contributed by atoms with Gasteiger partial charge in [-0.2, -0.15) is 10.5 Å². The Morgan fingerprint density at radius 2 is 1.73 bits per heavy atom. The minimum Gasteiger partial charge on any atom is -0.193 e. The van der Waals surface area contributed by atoms with E-state index in [0.29, 0.717) is 5.92 Å². The number of rotatable bonds is 5. The van der Waals surface area contributed by atoms with Gasteiger partial charge in [0.1, 0.15) is 0 Å². The van der Waals surface area contributed by atoms with Gasteiger partial charge in [-0.3, -0.25) is 0 Å². The van der Waals surface area contributed by atoms with Gasteiger partial charge in [0, 0.05) is 6.08 Å². The summed E-state index contributed by atoms with van der Waals surface area (Å²) < 4.78 is 0. The van der Waals surface area contributed by atoms with Crippen molar-refractivity contribution in [3.8, 4) is 12.1 Å². The Hall–Kier alpha value is -2.32. The van der Waals surface area contributed by atoms with Gasteiger partial charge in [-0.15, -0.1) is 0 Å². The molecule has 1 aliphatic rings. The van der Waals surface area contributed by atoms with Crippen molar-refractivity contribution in [2.45, 2.75) is 38.5 Å². The van der Waals surface area contributed by atoms with Gasteiger partial charge in [-0.25, -0.2) is 0 Å². The fourth-order valence-electron chi connectivity index (χ4n) is 3.11. The van der Waals surface area contributed by atoms with E-state index in [2.05, 4.69) is 24.3 Å². The summed E-state index contributed by atoms with van der Waals surface area (Å²) >= 11 is 0. The Kier molecular flexibility index (Phi) is 6.46. The van der Waals surface area contributed by atoms with E-state index in [1.165, 1.54) is 43.7 Å². The van der Waals surface area contributed by atoms with Crippen LogP contribution in [0.15, 0.2) is 48.6 Å². The molecule has 0 spiro atoms. The van der Waals surface area contributed by atoms with Crippen molar-refractivity contribution < 1.29 is 0 Å². The predicted molar refractivity (Wildman–Crippen MR) is 88.8 cm³/mol. The highest BCUT2D eigenvalue weighted by molar-refractivity contribution is 5.31. The fraction of sp³-hybridized carbons (Fsp3) is 0.400. The lowest BCUT2D eigenvalue weighted by Gasteiger charge is -2.26. The lowest BCUT2D eigenvalue weighted by atomic mass is 9.79. The molecule has 0 unspecified atom stereocenters. The summed E-state index contributed by atoms with van der Waals surface area (Å²) in [5.74, 6) is 1.50. The van der Waals surface area contributed by atoms with Crippen molar-refractivity contribution in [3.05, 3.63) is 59.7 Å². The Balaban J connectivity index is 1.71. The number of benzene rings is 1. The van der Waals surface area contributed by atoms with Crippen LogP contribution >= 0.6 is 0 Å². The summed E-state index contributed by atoms with van der Waals surface area (Å²) in [6.45, 7) is 0. The van der Waals surface area contributed by atoms with E-state index in [1.807, 2.05) is 30.4 Å². The maximum absolute atomic E-state index is 8.80. The zero-order chi connectivity index (χ0) is 15.6. The second-order valence-corrected chi connectivity index (χ2v) is 6.00. The van der Waals surface area contributed by atoms with Gasteiger partial charge >= 0.3 is 0 Å². The molecule has 1 aliphatic carbocycles. The molecule has 0 saturated heterocycles. The van der Waals surface area contributed by atoms with Crippen LogP contribution in [-0.4, -0.2) is 0 Å². The maximum Gasteiger partial charge on any atom is 0.0991 e. The fourth-order valence-corrected chi connectivity index (χ4v) is 3.11. The highest BCUT2D eigenvalue weighted by Gasteiger charge is 2.19. The number of allylic oxidation sites excluding steroid dienone is 4. The van der Waals surface area contributed by atoms with Crippen LogP contribution in [0.25, 0.3) is 0 Å². The third-order valence-corrected chi connectivity index (χ3v) is 4.48. The van der Waals surface area contributed by atoms with Crippen LogP contribution in [0.1, 0.15) is 43.2 Å². The first-order valence-electron chi connectivity index (χ1n) is 8.04. The second kappa shape index (κ2) is 8.85. The van der Waals surface area contributed by atoms with E-state index in [-0.39, 0.29) is 0 Å². The van der Waals surface area contributed by atoms with Gasteiger partial charge in [-0.1, -0.05) is 30.4 Å². The predicted octanol–water partition coefficient (Wildman–Crippen LogP) is 4.93. The Bertz CT molecular complexity index is 588. The number of aryl methyl sites for hydroxylation is 1. The van der Waals surface area contributed by atoms with Crippen molar-refractivity contribution >= 4 is 0 Å². The Labute approximate surface area is 133 Å². The molecule has 0 atom stereocenters. The first kappa shape index (κ1) is 16.1. The third kappa shape index (κ3) is 5.23. The summed E-state index contributed by atoms with van der Waals surface area (Å²) in [5.41, 5.74) is 2.07. The van der Waals surface area contributed by atoms with Crippen LogP contribution in [-0.2, 0) is 6.42 Å². The van der Waals surface area contributed by atoms with Crippen molar-refractivity contribution in [2.24, 2.45) is 11.8 Å². The summed E-state index contributed by atoms with van der Waals surface area (Å²) in [4.78, 5) is 0. The van der Waals surface area contributed by atoms with Crippen LogP contribution in [0.4, 0.5) is 0 Å². The van der Waals surface area contributed by atoms with Crippen molar-refractivity contribution in [1.29, 1.82) is 10.5 Å². The smallest absolute Gasteiger partial charge is 0.0991 e. The van der Waals surface area contributed by atoms with Crippen molar-refractivity contribution in [1.82, 2.24) is 0 Å².